The topological polar surface area (TPSA) is 100 Å². The normalized spacial score (nSPS) is 27.9. The highest BCUT2D eigenvalue weighted by molar-refractivity contribution is 5.85. The van der Waals surface area contributed by atoms with Crippen molar-refractivity contribution in [2.24, 2.45) is 0 Å². The number of aliphatic hydroxyl groups is 2. The van der Waals surface area contributed by atoms with Crippen LogP contribution in [0.25, 0.3) is 0 Å². The second-order valence-corrected chi connectivity index (χ2v) is 9.11. The Bertz CT molecular complexity index is 936. The van der Waals surface area contributed by atoms with E-state index in [-0.39, 0.29) is 32.0 Å². The molecule has 1 aliphatic carbocycles. The molecule has 2 aliphatic rings. The third-order valence-corrected chi connectivity index (χ3v) is 6.43. The van der Waals surface area contributed by atoms with Crippen molar-refractivity contribution in [1.29, 1.82) is 0 Å². The molecule has 1 saturated carbocycles. The van der Waals surface area contributed by atoms with E-state index in [1.165, 1.54) is 0 Å². The highest BCUT2D eigenvalue weighted by Crippen LogP contribution is 2.36. The Labute approximate surface area is 200 Å². The average Bonchev–Trinajstić information content (AvgIpc) is 2.85. The van der Waals surface area contributed by atoms with E-state index in [4.69, 9.17) is 14.2 Å². The Balaban J connectivity index is 1.53. The number of amides is 1. The molecule has 1 saturated heterocycles. The Kier molecular flexibility index (Phi) is 8.31. The quantitative estimate of drug-likeness (QED) is 0.540. The first-order valence-corrected chi connectivity index (χ1v) is 11.8. The highest BCUT2D eigenvalue weighted by Gasteiger charge is 2.52. The van der Waals surface area contributed by atoms with Gasteiger partial charge in [-0.3, -0.25) is 10.2 Å². The third kappa shape index (κ3) is 6.21. The van der Waals surface area contributed by atoms with Gasteiger partial charge in [0.15, 0.2) is 5.60 Å². The van der Waals surface area contributed by atoms with Crippen molar-refractivity contribution in [2.75, 3.05) is 26.3 Å². The van der Waals surface area contributed by atoms with Gasteiger partial charge in [-0.25, -0.2) is 5.01 Å². The molecule has 1 aliphatic heterocycles. The number of benzene rings is 2. The van der Waals surface area contributed by atoms with Gasteiger partial charge in [0, 0.05) is 25.9 Å². The van der Waals surface area contributed by atoms with Crippen LogP contribution in [0.5, 0.6) is 0 Å². The fourth-order valence-electron chi connectivity index (χ4n) is 4.48. The zero-order valence-corrected chi connectivity index (χ0v) is 19.6. The van der Waals surface area contributed by atoms with Crippen LogP contribution in [0.15, 0.2) is 54.6 Å². The molecule has 3 N–H and O–H groups in total. The van der Waals surface area contributed by atoms with Crippen LogP contribution in [0.2, 0.25) is 0 Å². The minimum atomic E-state index is -1.36. The van der Waals surface area contributed by atoms with Crippen molar-refractivity contribution in [3.8, 4) is 0 Å². The number of nitrogens with zero attached hydrogens (tertiary/aromatic N) is 1. The van der Waals surface area contributed by atoms with Crippen LogP contribution in [0.3, 0.4) is 0 Å². The summed E-state index contributed by atoms with van der Waals surface area (Å²) in [5.41, 5.74) is 4.56. The predicted molar refractivity (Wildman–Crippen MR) is 126 cm³/mol. The first-order valence-electron chi connectivity index (χ1n) is 11.8. The first kappa shape index (κ1) is 24.8. The summed E-state index contributed by atoms with van der Waals surface area (Å²) in [6.45, 7) is 4.65. The molecule has 2 aromatic rings. The molecule has 0 bridgehead atoms. The predicted octanol–water partition coefficient (Wildman–Crippen LogP) is 1.71. The molecule has 0 spiro atoms. The van der Waals surface area contributed by atoms with Crippen molar-refractivity contribution >= 4 is 5.91 Å². The lowest BCUT2D eigenvalue weighted by atomic mass is 9.78. The van der Waals surface area contributed by atoms with E-state index in [9.17, 15) is 15.0 Å². The molecule has 34 heavy (non-hydrogen) atoms. The van der Waals surface area contributed by atoms with Gasteiger partial charge in [0.25, 0.3) is 5.91 Å². The average molecular weight is 471 g/mol. The number of carbonyl (C=O) groups excluding carboxylic acids is 1. The van der Waals surface area contributed by atoms with Gasteiger partial charge >= 0.3 is 0 Å². The molecule has 8 nitrogen and oxygen atoms in total. The number of morpholine rings is 1. The molecule has 2 aromatic carbocycles. The van der Waals surface area contributed by atoms with E-state index in [0.717, 1.165) is 16.7 Å². The lowest BCUT2D eigenvalue weighted by Crippen LogP contribution is -2.63. The van der Waals surface area contributed by atoms with Gasteiger partial charge in [0.05, 0.1) is 38.6 Å². The van der Waals surface area contributed by atoms with Crippen molar-refractivity contribution in [2.45, 2.75) is 56.9 Å². The Morgan fingerprint density at radius 2 is 1.79 bits per heavy atom. The second-order valence-electron chi connectivity index (χ2n) is 9.11. The summed E-state index contributed by atoms with van der Waals surface area (Å²) in [4.78, 5) is 13.6. The van der Waals surface area contributed by atoms with Crippen LogP contribution in [0, 0.1) is 6.92 Å². The molecule has 4 rings (SSSR count). The molecule has 184 valence electrons. The van der Waals surface area contributed by atoms with Crippen molar-refractivity contribution in [3.63, 3.8) is 0 Å². The monoisotopic (exact) mass is 470 g/mol. The molecule has 1 heterocycles. The standard InChI is InChI=1S/C26H34N2O6/c1-19-6-5-9-21(14-19)18-34-26(25(31)27-28-10-12-32-13-11-28)15-22(29)24(30)23(16-26)33-17-20-7-3-2-4-8-20/h2-9,14,22-24,29-30H,10-13,15-18H2,1H3,(H,27,31)/t22-,23?,24-,26+/m1/s1. The largest absolute Gasteiger partial charge is 0.390 e. The van der Waals surface area contributed by atoms with Crippen molar-refractivity contribution < 1.29 is 29.2 Å². The zero-order chi connectivity index (χ0) is 24.0. The maximum absolute atomic E-state index is 13.6. The summed E-state index contributed by atoms with van der Waals surface area (Å²) in [7, 11) is 0. The molecule has 8 heteroatoms. The number of carbonyl (C=O) groups is 1. The minimum Gasteiger partial charge on any atom is -0.390 e. The lowest BCUT2D eigenvalue weighted by Gasteiger charge is -2.44. The summed E-state index contributed by atoms with van der Waals surface area (Å²) in [5, 5.41) is 23.2. The van der Waals surface area contributed by atoms with Crippen LogP contribution < -0.4 is 5.43 Å². The van der Waals surface area contributed by atoms with E-state index in [1.807, 2.05) is 61.5 Å². The van der Waals surface area contributed by atoms with Gasteiger partial charge in [-0.2, -0.15) is 0 Å². The number of hydrogen-bond donors (Lipinski definition) is 3. The van der Waals surface area contributed by atoms with E-state index in [1.54, 1.807) is 5.01 Å². The molecular formula is C26H34N2O6. The van der Waals surface area contributed by atoms with E-state index >= 15 is 0 Å². The molecular weight excluding hydrogens is 436 g/mol. The SMILES string of the molecule is Cc1cccc(CO[C@]2(C(=O)NN3CCOCC3)CC(OCc3ccccc3)[C@H](O)[C@H](O)C2)c1. The van der Waals surface area contributed by atoms with E-state index < -0.39 is 23.9 Å². The molecule has 0 aromatic heterocycles. The number of aliphatic hydroxyl groups excluding tert-OH is 2. The maximum atomic E-state index is 13.6. The fraction of sp³-hybridized carbons (Fsp3) is 0.500. The highest BCUT2D eigenvalue weighted by atomic mass is 16.5. The van der Waals surface area contributed by atoms with Crippen LogP contribution >= 0.6 is 0 Å². The van der Waals surface area contributed by atoms with Gasteiger partial charge in [-0.05, 0) is 18.1 Å². The van der Waals surface area contributed by atoms with Gasteiger partial charge in [0.2, 0.25) is 0 Å². The van der Waals surface area contributed by atoms with Crippen LogP contribution in [-0.4, -0.2) is 71.3 Å². The molecule has 1 unspecified atom stereocenters. The van der Waals surface area contributed by atoms with Gasteiger partial charge in [0.1, 0.15) is 6.10 Å². The Morgan fingerprint density at radius 3 is 2.53 bits per heavy atom. The summed E-state index contributed by atoms with van der Waals surface area (Å²) < 4.78 is 17.7. The van der Waals surface area contributed by atoms with Gasteiger partial charge in [-0.1, -0.05) is 60.2 Å². The van der Waals surface area contributed by atoms with E-state index in [0.29, 0.717) is 26.3 Å². The Morgan fingerprint density at radius 1 is 1.06 bits per heavy atom. The lowest BCUT2D eigenvalue weighted by molar-refractivity contribution is -0.203. The number of hydrogen-bond acceptors (Lipinski definition) is 7. The molecule has 2 fully saturated rings. The third-order valence-electron chi connectivity index (χ3n) is 6.43. The Hall–Kier alpha value is -2.33. The number of nitrogens with one attached hydrogen (secondary N) is 1. The maximum Gasteiger partial charge on any atom is 0.266 e. The summed E-state index contributed by atoms with van der Waals surface area (Å²) in [6.07, 6.45) is -2.95. The summed E-state index contributed by atoms with van der Waals surface area (Å²) in [5.74, 6) is -0.346. The number of ether oxygens (including phenoxy) is 3. The summed E-state index contributed by atoms with van der Waals surface area (Å²) in [6, 6.07) is 17.5. The van der Waals surface area contributed by atoms with Crippen LogP contribution in [0.4, 0.5) is 0 Å². The number of rotatable bonds is 8. The smallest absolute Gasteiger partial charge is 0.266 e. The minimum absolute atomic E-state index is 0.0264. The van der Waals surface area contributed by atoms with Crippen molar-refractivity contribution in [3.05, 3.63) is 71.3 Å². The van der Waals surface area contributed by atoms with Crippen LogP contribution in [0.1, 0.15) is 29.5 Å². The first-order chi connectivity index (χ1) is 16.4. The molecule has 1 amide bonds. The number of hydrazine groups is 1. The van der Waals surface area contributed by atoms with Gasteiger partial charge in [-0.15, -0.1) is 0 Å². The summed E-state index contributed by atoms with van der Waals surface area (Å²) >= 11 is 0. The van der Waals surface area contributed by atoms with Gasteiger partial charge < -0.3 is 24.4 Å². The fourth-order valence-corrected chi connectivity index (χ4v) is 4.48. The van der Waals surface area contributed by atoms with E-state index in [2.05, 4.69) is 5.43 Å². The number of aryl methyl sites for hydroxylation is 1. The van der Waals surface area contributed by atoms with Crippen molar-refractivity contribution in [1.82, 2.24) is 10.4 Å². The zero-order valence-electron chi connectivity index (χ0n) is 19.6. The molecule has 0 radical (unpaired) electrons. The second kappa shape index (κ2) is 11.4. The van der Waals surface area contributed by atoms with Crippen LogP contribution in [-0.2, 0) is 32.2 Å². The molecule has 4 atom stereocenters.